The Hall–Kier alpha value is -1.99. The summed E-state index contributed by atoms with van der Waals surface area (Å²) in [4.78, 5) is 16.4. The summed E-state index contributed by atoms with van der Waals surface area (Å²) in [5, 5.41) is 2.96. The summed E-state index contributed by atoms with van der Waals surface area (Å²) in [7, 11) is 1.64. The Morgan fingerprint density at radius 1 is 1.25 bits per heavy atom. The van der Waals surface area contributed by atoms with Crippen LogP contribution in [0.4, 0.5) is 4.79 Å². The number of hydrogen-bond donors (Lipinski definition) is 1. The average molecular weight is 335 g/mol. The van der Waals surface area contributed by atoms with E-state index in [1.807, 2.05) is 24.0 Å². The number of hydrogen-bond acceptors (Lipinski definition) is 5. The molecule has 24 heavy (non-hydrogen) atoms. The Morgan fingerprint density at radius 2 is 2.00 bits per heavy atom. The van der Waals surface area contributed by atoms with Gasteiger partial charge in [-0.3, -0.25) is 4.90 Å². The molecule has 1 aromatic rings. The van der Waals surface area contributed by atoms with Crippen LogP contribution in [0.15, 0.2) is 18.2 Å². The number of nitrogens with one attached hydrogen (secondary N) is 1. The Bertz CT molecular complexity index is 573. The largest absolute Gasteiger partial charge is 0.454 e. The predicted molar refractivity (Wildman–Crippen MR) is 89.3 cm³/mol. The van der Waals surface area contributed by atoms with Gasteiger partial charge in [0.05, 0.1) is 12.6 Å². The molecule has 2 aliphatic rings. The smallest absolute Gasteiger partial charge is 0.317 e. The van der Waals surface area contributed by atoms with E-state index in [4.69, 9.17) is 14.2 Å². The van der Waals surface area contributed by atoms with Crippen LogP contribution in [0.3, 0.4) is 0 Å². The minimum atomic E-state index is -0.0118. The summed E-state index contributed by atoms with van der Waals surface area (Å²) >= 11 is 0. The van der Waals surface area contributed by atoms with Gasteiger partial charge in [-0.15, -0.1) is 0 Å². The van der Waals surface area contributed by atoms with Crippen molar-refractivity contribution in [1.29, 1.82) is 0 Å². The van der Waals surface area contributed by atoms with Gasteiger partial charge in [-0.25, -0.2) is 4.79 Å². The fourth-order valence-electron chi connectivity index (χ4n) is 3.00. The van der Waals surface area contributed by atoms with Crippen LogP contribution >= 0.6 is 0 Å². The quantitative estimate of drug-likeness (QED) is 0.878. The average Bonchev–Trinajstić information content (AvgIpc) is 3.03. The van der Waals surface area contributed by atoms with Crippen LogP contribution < -0.4 is 14.8 Å². The SMILES string of the molecule is COC[C@H](C)NC(=O)N1CCN(Cc2ccc3c(c2)OCO3)CC1. The van der Waals surface area contributed by atoms with Crippen LogP contribution in [0.5, 0.6) is 11.5 Å². The normalized spacial score (nSPS) is 18.5. The number of amides is 2. The molecule has 0 radical (unpaired) electrons. The molecule has 0 unspecified atom stereocenters. The molecule has 3 rings (SSSR count). The van der Waals surface area contributed by atoms with E-state index in [1.54, 1.807) is 7.11 Å². The molecule has 1 atom stereocenters. The first kappa shape index (κ1) is 16.9. The molecule has 0 aromatic heterocycles. The fourth-order valence-corrected chi connectivity index (χ4v) is 3.00. The molecule has 1 fully saturated rings. The number of benzene rings is 1. The highest BCUT2D eigenvalue weighted by atomic mass is 16.7. The van der Waals surface area contributed by atoms with E-state index in [0.717, 1.165) is 44.2 Å². The van der Waals surface area contributed by atoms with Crippen LogP contribution in [0.2, 0.25) is 0 Å². The number of urea groups is 1. The molecule has 0 spiro atoms. The van der Waals surface area contributed by atoms with Crippen molar-refractivity contribution < 1.29 is 19.0 Å². The van der Waals surface area contributed by atoms with E-state index >= 15 is 0 Å². The molecule has 0 saturated carbocycles. The van der Waals surface area contributed by atoms with Gasteiger partial charge in [0.1, 0.15) is 0 Å². The van der Waals surface area contributed by atoms with Gasteiger partial charge < -0.3 is 24.4 Å². The number of carbonyl (C=O) groups excluding carboxylic acids is 1. The molecule has 132 valence electrons. The van der Waals surface area contributed by atoms with Crippen LogP contribution in [0.1, 0.15) is 12.5 Å². The van der Waals surface area contributed by atoms with Crippen molar-refractivity contribution in [2.45, 2.75) is 19.5 Å². The van der Waals surface area contributed by atoms with Crippen molar-refractivity contribution in [2.75, 3.05) is 46.7 Å². The second kappa shape index (κ2) is 7.72. The molecule has 2 aliphatic heterocycles. The summed E-state index contributed by atoms with van der Waals surface area (Å²) < 4.78 is 15.8. The van der Waals surface area contributed by atoms with E-state index in [1.165, 1.54) is 5.56 Å². The summed E-state index contributed by atoms with van der Waals surface area (Å²) in [6.07, 6.45) is 0. The molecule has 1 N–H and O–H groups in total. The van der Waals surface area contributed by atoms with Crippen molar-refractivity contribution in [3.05, 3.63) is 23.8 Å². The van der Waals surface area contributed by atoms with Crippen molar-refractivity contribution in [1.82, 2.24) is 15.1 Å². The molecule has 1 saturated heterocycles. The molecule has 0 bridgehead atoms. The first-order valence-corrected chi connectivity index (χ1v) is 8.31. The lowest BCUT2D eigenvalue weighted by Gasteiger charge is -2.35. The number of carbonyl (C=O) groups is 1. The Kier molecular flexibility index (Phi) is 5.42. The topological polar surface area (TPSA) is 63.3 Å². The highest BCUT2D eigenvalue weighted by Crippen LogP contribution is 2.32. The number of ether oxygens (including phenoxy) is 3. The lowest BCUT2D eigenvalue weighted by molar-refractivity contribution is 0.126. The van der Waals surface area contributed by atoms with Crippen molar-refractivity contribution in [3.63, 3.8) is 0 Å². The second-order valence-corrected chi connectivity index (χ2v) is 6.26. The Balaban J connectivity index is 1.46. The van der Waals surface area contributed by atoms with Crippen molar-refractivity contribution >= 4 is 6.03 Å². The maximum atomic E-state index is 12.2. The maximum Gasteiger partial charge on any atom is 0.317 e. The zero-order chi connectivity index (χ0) is 16.9. The van der Waals surface area contributed by atoms with E-state index in [2.05, 4.69) is 16.3 Å². The third-order valence-electron chi connectivity index (χ3n) is 4.29. The van der Waals surface area contributed by atoms with E-state index in [0.29, 0.717) is 13.4 Å². The van der Waals surface area contributed by atoms with Crippen LogP contribution in [0, 0.1) is 0 Å². The minimum Gasteiger partial charge on any atom is -0.454 e. The van der Waals surface area contributed by atoms with Crippen LogP contribution in [-0.4, -0.2) is 68.6 Å². The number of rotatable bonds is 5. The van der Waals surface area contributed by atoms with Crippen molar-refractivity contribution in [2.24, 2.45) is 0 Å². The molecule has 0 aliphatic carbocycles. The zero-order valence-corrected chi connectivity index (χ0v) is 14.3. The van der Waals surface area contributed by atoms with E-state index in [9.17, 15) is 4.79 Å². The lowest BCUT2D eigenvalue weighted by Crippen LogP contribution is -2.53. The minimum absolute atomic E-state index is 0.0118. The van der Waals surface area contributed by atoms with Gasteiger partial charge in [-0.1, -0.05) is 6.07 Å². The van der Waals surface area contributed by atoms with E-state index in [-0.39, 0.29) is 12.1 Å². The summed E-state index contributed by atoms with van der Waals surface area (Å²) in [5.74, 6) is 1.63. The Labute approximate surface area is 142 Å². The third-order valence-corrected chi connectivity index (χ3v) is 4.29. The van der Waals surface area contributed by atoms with Gasteiger partial charge in [0.15, 0.2) is 11.5 Å². The van der Waals surface area contributed by atoms with Gasteiger partial charge >= 0.3 is 6.03 Å². The molecular weight excluding hydrogens is 310 g/mol. The maximum absolute atomic E-state index is 12.2. The van der Waals surface area contributed by atoms with Gasteiger partial charge in [0.25, 0.3) is 0 Å². The molecule has 2 amide bonds. The van der Waals surface area contributed by atoms with Gasteiger partial charge in [-0.05, 0) is 24.6 Å². The number of piperazine rings is 1. The molecule has 2 heterocycles. The van der Waals surface area contributed by atoms with Crippen LogP contribution in [-0.2, 0) is 11.3 Å². The summed E-state index contributed by atoms with van der Waals surface area (Å²) in [6, 6.07) is 6.07. The van der Waals surface area contributed by atoms with Gasteiger partial charge in [0.2, 0.25) is 6.79 Å². The molecule has 7 nitrogen and oxygen atoms in total. The first-order chi connectivity index (χ1) is 11.7. The van der Waals surface area contributed by atoms with Crippen LogP contribution in [0.25, 0.3) is 0 Å². The van der Waals surface area contributed by atoms with Gasteiger partial charge in [0, 0.05) is 39.8 Å². The molecule has 7 heteroatoms. The summed E-state index contributed by atoms with van der Waals surface area (Å²) in [6.45, 7) is 6.81. The first-order valence-electron chi connectivity index (χ1n) is 8.31. The monoisotopic (exact) mass is 335 g/mol. The molecule has 1 aromatic carbocycles. The zero-order valence-electron chi connectivity index (χ0n) is 14.3. The summed E-state index contributed by atoms with van der Waals surface area (Å²) in [5.41, 5.74) is 1.20. The number of methoxy groups -OCH3 is 1. The standard InChI is InChI=1S/C17H25N3O4/c1-13(11-22-2)18-17(21)20-7-5-19(6-8-20)10-14-3-4-15-16(9-14)24-12-23-15/h3-4,9,13H,5-8,10-12H2,1-2H3,(H,18,21)/t13-/m0/s1. The third kappa shape index (κ3) is 4.10. The van der Waals surface area contributed by atoms with Crippen molar-refractivity contribution in [3.8, 4) is 11.5 Å². The highest BCUT2D eigenvalue weighted by molar-refractivity contribution is 5.74. The molecular formula is C17H25N3O4. The highest BCUT2D eigenvalue weighted by Gasteiger charge is 2.22. The predicted octanol–water partition coefficient (Wildman–Crippen LogP) is 1.28. The lowest BCUT2D eigenvalue weighted by atomic mass is 10.1. The Morgan fingerprint density at radius 3 is 2.75 bits per heavy atom. The fraction of sp³-hybridized carbons (Fsp3) is 0.588. The van der Waals surface area contributed by atoms with E-state index < -0.39 is 0 Å². The second-order valence-electron chi connectivity index (χ2n) is 6.26. The van der Waals surface area contributed by atoms with Gasteiger partial charge in [-0.2, -0.15) is 0 Å². The number of fused-ring (bicyclic) bond motifs is 1. The number of nitrogens with zero attached hydrogens (tertiary/aromatic N) is 2.